The third kappa shape index (κ3) is 2.59. The average Bonchev–Trinajstić information content (AvgIpc) is 2.52. The van der Waals surface area contributed by atoms with Gasteiger partial charge in [0.05, 0.1) is 17.4 Å². The van der Waals surface area contributed by atoms with Crippen LogP contribution in [0.5, 0.6) is 0 Å². The highest BCUT2D eigenvalue weighted by Gasteiger charge is 2.26. The quantitative estimate of drug-likeness (QED) is 0.941. The van der Waals surface area contributed by atoms with Crippen LogP contribution in [0.2, 0.25) is 0 Å². The summed E-state index contributed by atoms with van der Waals surface area (Å²) < 4.78 is 13.1. The van der Waals surface area contributed by atoms with E-state index in [1.807, 2.05) is 24.3 Å². The maximum Gasteiger partial charge on any atom is 0.123 e. The summed E-state index contributed by atoms with van der Waals surface area (Å²) in [5.41, 5.74) is 9.47. The molecule has 1 heterocycles. The second-order valence-electron chi connectivity index (χ2n) is 5.41. The molecule has 0 radical (unpaired) electrons. The third-order valence-corrected chi connectivity index (χ3v) is 4.13. The van der Waals surface area contributed by atoms with Crippen molar-refractivity contribution in [3.63, 3.8) is 0 Å². The highest BCUT2D eigenvalue weighted by Crippen LogP contribution is 2.36. The Labute approximate surface area is 124 Å². The van der Waals surface area contributed by atoms with Crippen LogP contribution in [-0.2, 0) is 0 Å². The van der Waals surface area contributed by atoms with Crippen LogP contribution in [-0.4, -0.2) is 26.7 Å². The van der Waals surface area contributed by atoms with E-state index in [-0.39, 0.29) is 11.9 Å². The molecule has 2 aromatic carbocycles. The molecular formula is C17H20FN3. The fourth-order valence-electron chi connectivity index (χ4n) is 2.98. The number of para-hydroxylation sites is 2. The van der Waals surface area contributed by atoms with Crippen molar-refractivity contribution in [2.75, 3.05) is 36.5 Å². The van der Waals surface area contributed by atoms with E-state index in [4.69, 9.17) is 5.73 Å². The van der Waals surface area contributed by atoms with Crippen molar-refractivity contribution in [1.82, 2.24) is 0 Å². The number of hydrogen-bond donors (Lipinski definition) is 1. The number of benzene rings is 2. The van der Waals surface area contributed by atoms with Crippen molar-refractivity contribution in [2.45, 2.75) is 6.04 Å². The first-order valence-corrected chi connectivity index (χ1v) is 7.23. The van der Waals surface area contributed by atoms with E-state index >= 15 is 0 Å². The molecule has 110 valence electrons. The van der Waals surface area contributed by atoms with Gasteiger partial charge < -0.3 is 15.5 Å². The van der Waals surface area contributed by atoms with Gasteiger partial charge in [-0.3, -0.25) is 0 Å². The molecular weight excluding hydrogens is 265 g/mol. The fraction of sp³-hybridized carbons (Fsp3) is 0.294. The Hall–Kier alpha value is -2.07. The molecule has 0 bridgehead atoms. The second kappa shape index (κ2) is 5.74. The molecule has 0 saturated heterocycles. The first-order chi connectivity index (χ1) is 10.2. The summed E-state index contributed by atoms with van der Waals surface area (Å²) >= 11 is 0. The molecule has 0 aliphatic carbocycles. The molecule has 0 spiro atoms. The largest absolute Gasteiger partial charge is 0.371 e. The first-order valence-electron chi connectivity index (χ1n) is 7.23. The number of likely N-dealkylation sites (N-methyl/N-ethyl adjacent to an activating group) is 1. The lowest BCUT2D eigenvalue weighted by Gasteiger charge is -2.41. The van der Waals surface area contributed by atoms with E-state index in [9.17, 15) is 4.39 Å². The topological polar surface area (TPSA) is 32.5 Å². The molecule has 0 aromatic heterocycles. The van der Waals surface area contributed by atoms with Crippen LogP contribution >= 0.6 is 0 Å². The maximum absolute atomic E-state index is 13.1. The lowest BCUT2D eigenvalue weighted by molar-refractivity contribution is 0.602. The third-order valence-electron chi connectivity index (χ3n) is 4.13. The Morgan fingerprint density at radius 1 is 1.05 bits per heavy atom. The standard InChI is InChI=1S/C17H20FN3/c1-20-10-11-21(16-5-3-2-4-15(16)20)17(12-19)13-6-8-14(18)9-7-13/h2-9,17H,10-12,19H2,1H3. The number of rotatable bonds is 3. The van der Waals surface area contributed by atoms with Gasteiger partial charge in [0.1, 0.15) is 5.82 Å². The van der Waals surface area contributed by atoms with Crippen molar-refractivity contribution in [3.05, 3.63) is 59.9 Å². The van der Waals surface area contributed by atoms with E-state index in [1.165, 1.54) is 23.5 Å². The zero-order valence-corrected chi connectivity index (χ0v) is 12.2. The van der Waals surface area contributed by atoms with Gasteiger partial charge in [-0.25, -0.2) is 4.39 Å². The molecule has 0 saturated carbocycles. The lowest BCUT2D eigenvalue weighted by atomic mass is 10.0. The number of hydrogen-bond acceptors (Lipinski definition) is 3. The molecule has 0 amide bonds. The van der Waals surface area contributed by atoms with Crippen LogP contribution in [0.4, 0.5) is 15.8 Å². The van der Waals surface area contributed by atoms with E-state index in [1.54, 1.807) is 0 Å². The van der Waals surface area contributed by atoms with Crippen LogP contribution in [0.25, 0.3) is 0 Å². The van der Waals surface area contributed by atoms with Gasteiger partial charge in [0.2, 0.25) is 0 Å². The molecule has 21 heavy (non-hydrogen) atoms. The van der Waals surface area contributed by atoms with Crippen LogP contribution in [0.1, 0.15) is 11.6 Å². The van der Waals surface area contributed by atoms with Crippen molar-refractivity contribution >= 4 is 11.4 Å². The zero-order valence-electron chi connectivity index (χ0n) is 12.2. The van der Waals surface area contributed by atoms with E-state index in [0.717, 1.165) is 18.7 Å². The summed E-state index contributed by atoms with van der Waals surface area (Å²) in [6.07, 6.45) is 0. The summed E-state index contributed by atoms with van der Waals surface area (Å²) in [6.45, 7) is 2.37. The molecule has 3 rings (SSSR count). The molecule has 1 aliphatic rings. The van der Waals surface area contributed by atoms with Gasteiger partial charge in [-0.15, -0.1) is 0 Å². The SMILES string of the molecule is CN1CCN(C(CN)c2ccc(F)cc2)c2ccccc21. The number of fused-ring (bicyclic) bond motifs is 1. The van der Waals surface area contributed by atoms with Crippen LogP contribution < -0.4 is 15.5 Å². The smallest absolute Gasteiger partial charge is 0.123 e. The Balaban J connectivity index is 1.98. The maximum atomic E-state index is 13.1. The Morgan fingerprint density at radius 2 is 1.71 bits per heavy atom. The molecule has 3 nitrogen and oxygen atoms in total. The first kappa shape index (κ1) is 13.9. The molecule has 1 unspecified atom stereocenters. The monoisotopic (exact) mass is 285 g/mol. The van der Waals surface area contributed by atoms with Crippen molar-refractivity contribution in [3.8, 4) is 0 Å². The summed E-state index contributed by atoms with van der Waals surface area (Å²) in [7, 11) is 2.10. The summed E-state index contributed by atoms with van der Waals surface area (Å²) in [6, 6.07) is 15.1. The van der Waals surface area contributed by atoms with E-state index in [0.29, 0.717) is 6.54 Å². The molecule has 1 aliphatic heterocycles. The molecule has 1 atom stereocenters. The van der Waals surface area contributed by atoms with Gasteiger partial charge in [-0.05, 0) is 29.8 Å². The van der Waals surface area contributed by atoms with Crippen LogP contribution in [0.3, 0.4) is 0 Å². The van der Waals surface area contributed by atoms with Crippen molar-refractivity contribution in [2.24, 2.45) is 5.73 Å². The minimum Gasteiger partial charge on any atom is -0.371 e. The lowest BCUT2D eigenvalue weighted by Crippen LogP contribution is -2.43. The minimum atomic E-state index is -0.215. The predicted molar refractivity (Wildman–Crippen MR) is 85.3 cm³/mol. The Morgan fingerprint density at radius 3 is 2.38 bits per heavy atom. The van der Waals surface area contributed by atoms with Gasteiger partial charge in [0.25, 0.3) is 0 Å². The highest BCUT2D eigenvalue weighted by atomic mass is 19.1. The van der Waals surface area contributed by atoms with E-state index < -0.39 is 0 Å². The summed E-state index contributed by atoms with van der Waals surface area (Å²) in [5, 5.41) is 0. The molecule has 2 aromatic rings. The van der Waals surface area contributed by atoms with Gasteiger partial charge in [0.15, 0.2) is 0 Å². The van der Waals surface area contributed by atoms with Crippen molar-refractivity contribution in [1.29, 1.82) is 0 Å². The van der Waals surface area contributed by atoms with Gasteiger partial charge in [-0.1, -0.05) is 24.3 Å². The summed E-state index contributed by atoms with van der Waals surface area (Å²) in [5.74, 6) is -0.215. The second-order valence-corrected chi connectivity index (χ2v) is 5.41. The average molecular weight is 285 g/mol. The number of nitrogens with zero attached hydrogens (tertiary/aromatic N) is 2. The predicted octanol–water partition coefficient (Wildman–Crippen LogP) is 2.78. The zero-order chi connectivity index (χ0) is 14.8. The molecule has 4 heteroatoms. The highest BCUT2D eigenvalue weighted by molar-refractivity contribution is 5.73. The van der Waals surface area contributed by atoms with Gasteiger partial charge >= 0.3 is 0 Å². The normalized spacial score (nSPS) is 15.8. The van der Waals surface area contributed by atoms with Gasteiger partial charge in [-0.2, -0.15) is 0 Å². The summed E-state index contributed by atoms with van der Waals surface area (Å²) in [4.78, 5) is 4.58. The number of halogens is 1. The molecule has 2 N–H and O–H groups in total. The molecule has 0 fully saturated rings. The number of nitrogens with two attached hydrogens (primary N) is 1. The van der Waals surface area contributed by atoms with Gasteiger partial charge in [0, 0.05) is 26.7 Å². The number of anilines is 2. The van der Waals surface area contributed by atoms with Crippen molar-refractivity contribution < 1.29 is 4.39 Å². The minimum absolute atomic E-state index is 0.0699. The fourth-order valence-corrected chi connectivity index (χ4v) is 2.98. The Kier molecular flexibility index (Phi) is 3.80. The van der Waals surface area contributed by atoms with Crippen LogP contribution in [0, 0.1) is 5.82 Å². The van der Waals surface area contributed by atoms with Crippen LogP contribution in [0.15, 0.2) is 48.5 Å². The Bertz CT molecular complexity index is 612. The van der Waals surface area contributed by atoms with E-state index in [2.05, 4.69) is 29.0 Å².